The summed E-state index contributed by atoms with van der Waals surface area (Å²) in [4.78, 5) is 11.2. The third-order valence-corrected chi connectivity index (χ3v) is 3.50. The zero-order valence-electron chi connectivity index (χ0n) is 11.0. The third-order valence-electron chi connectivity index (χ3n) is 3.50. The summed E-state index contributed by atoms with van der Waals surface area (Å²) < 4.78 is 0. The highest BCUT2D eigenvalue weighted by molar-refractivity contribution is 6.26. The molecule has 2 atom stereocenters. The Labute approximate surface area is 124 Å². The Morgan fingerprint density at radius 3 is 2.56 bits per heavy atom. The van der Waals surface area contributed by atoms with E-state index in [0.29, 0.717) is 18.9 Å². The van der Waals surface area contributed by atoms with Gasteiger partial charge in [-0.3, -0.25) is 4.79 Å². The summed E-state index contributed by atoms with van der Waals surface area (Å²) in [6.45, 7) is 3.12. The van der Waals surface area contributed by atoms with E-state index in [1.54, 1.807) is 0 Å². The Morgan fingerprint density at radius 2 is 2.11 bits per heavy atom. The van der Waals surface area contributed by atoms with Crippen LogP contribution in [-0.4, -0.2) is 31.5 Å². The number of nitrogens with one attached hydrogen (secondary N) is 1. The molecule has 18 heavy (non-hydrogen) atoms. The van der Waals surface area contributed by atoms with Crippen molar-refractivity contribution < 1.29 is 9.90 Å². The van der Waals surface area contributed by atoms with Crippen molar-refractivity contribution in [1.29, 1.82) is 0 Å². The fraction of sp³-hybridized carbons (Fsp3) is 0.917. The zero-order valence-corrected chi connectivity index (χ0v) is 12.6. The van der Waals surface area contributed by atoms with E-state index < -0.39 is 11.3 Å². The van der Waals surface area contributed by atoms with Gasteiger partial charge in [-0.1, -0.05) is 19.8 Å². The lowest BCUT2D eigenvalue weighted by molar-refractivity contribution is -0.141. The molecule has 0 amide bonds. The largest absolute Gasteiger partial charge is 0.481 e. The molecule has 0 saturated carbocycles. The molecular formula is C12H24BCl2NO2. The van der Waals surface area contributed by atoms with E-state index in [9.17, 15) is 9.90 Å². The molecule has 0 aliphatic carbocycles. The first-order valence-electron chi connectivity index (χ1n) is 6.34. The topological polar surface area (TPSA) is 49.3 Å². The standard InChI is InChI=1S/C12H22BNO2.2ClH/c1-2-3-7-12(13,11(15)16)8-6-10-5-4-9-14-10;;/h10,14H,2-9H2,1H3,(H,15,16);2*1H/t10-,12?;;/m1../s1. The summed E-state index contributed by atoms with van der Waals surface area (Å²) >= 11 is 0. The number of hydrogen-bond acceptors (Lipinski definition) is 2. The van der Waals surface area contributed by atoms with Gasteiger partial charge in [-0.15, -0.1) is 24.8 Å². The normalized spacial score (nSPS) is 21.5. The van der Waals surface area contributed by atoms with Crippen molar-refractivity contribution in [3.63, 3.8) is 0 Å². The van der Waals surface area contributed by atoms with Crippen molar-refractivity contribution in [2.45, 2.75) is 63.2 Å². The molecule has 1 saturated heterocycles. The molecule has 6 heteroatoms. The van der Waals surface area contributed by atoms with Crippen molar-refractivity contribution in [3.8, 4) is 0 Å². The Hall–Kier alpha value is 0.0749. The molecule has 1 aliphatic heterocycles. The van der Waals surface area contributed by atoms with Crippen LogP contribution in [-0.2, 0) is 4.79 Å². The van der Waals surface area contributed by atoms with Crippen LogP contribution in [0.2, 0.25) is 5.31 Å². The summed E-state index contributed by atoms with van der Waals surface area (Å²) in [6, 6.07) is 0.476. The monoisotopic (exact) mass is 295 g/mol. The predicted octanol–water partition coefficient (Wildman–Crippen LogP) is 2.96. The zero-order chi connectivity index (χ0) is 12.0. The highest BCUT2D eigenvalue weighted by atomic mass is 35.5. The smallest absolute Gasteiger partial charge is 0.300 e. The minimum atomic E-state index is -1.01. The lowest BCUT2D eigenvalue weighted by Gasteiger charge is -2.26. The van der Waals surface area contributed by atoms with E-state index in [0.717, 1.165) is 32.2 Å². The van der Waals surface area contributed by atoms with Gasteiger partial charge in [-0.05, 0) is 38.6 Å². The molecule has 3 nitrogen and oxygen atoms in total. The van der Waals surface area contributed by atoms with Crippen molar-refractivity contribution in [1.82, 2.24) is 5.32 Å². The molecule has 0 aromatic carbocycles. The van der Waals surface area contributed by atoms with Crippen LogP contribution in [0.15, 0.2) is 0 Å². The van der Waals surface area contributed by atoms with Crippen molar-refractivity contribution in [2.24, 2.45) is 0 Å². The maximum atomic E-state index is 11.2. The quantitative estimate of drug-likeness (QED) is 0.710. The predicted molar refractivity (Wildman–Crippen MR) is 80.4 cm³/mol. The fourth-order valence-corrected chi connectivity index (χ4v) is 2.27. The van der Waals surface area contributed by atoms with Gasteiger partial charge in [0.05, 0.1) is 7.85 Å². The number of carbonyl (C=O) groups is 1. The van der Waals surface area contributed by atoms with Gasteiger partial charge in [0.1, 0.15) is 0 Å². The second-order valence-corrected chi connectivity index (χ2v) is 4.90. The van der Waals surface area contributed by atoms with Crippen LogP contribution in [0.3, 0.4) is 0 Å². The molecule has 1 heterocycles. The lowest BCUT2D eigenvalue weighted by atomic mass is 9.62. The fourth-order valence-electron chi connectivity index (χ4n) is 2.27. The maximum Gasteiger partial charge on any atom is 0.300 e. The van der Waals surface area contributed by atoms with Gasteiger partial charge >= 0.3 is 5.97 Å². The van der Waals surface area contributed by atoms with E-state index in [2.05, 4.69) is 12.2 Å². The number of rotatable bonds is 7. The van der Waals surface area contributed by atoms with Gasteiger partial charge in [0.2, 0.25) is 0 Å². The van der Waals surface area contributed by atoms with E-state index in [4.69, 9.17) is 7.85 Å². The van der Waals surface area contributed by atoms with E-state index in [1.165, 1.54) is 6.42 Å². The second kappa shape index (κ2) is 9.93. The van der Waals surface area contributed by atoms with Crippen molar-refractivity contribution in [2.75, 3.05) is 6.54 Å². The van der Waals surface area contributed by atoms with Crippen LogP contribution < -0.4 is 5.32 Å². The average molecular weight is 296 g/mol. The molecule has 0 aromatic heterocycles. The van der Waals surface area contributed by atoms with Gasteiger partial charge in [0, 0.05) is 11.4 Å². The maximum absolute atomic E-state index is 11.2. The van der Waals surface area contributed by atoms with Gasteiger partial charge in [0.25, 0.3) is 0 Å². The highest BCUT2D eigenvalue weighted by Gasteiger charge is 2.32. The molecule has 2 N–H and O–H groups in total. The van der Waals surface area contributed by atoms with Crippen LogP contribution in [0.25, 0.3) is 0 Å². The minimum absolute atomic E-state index is 0. The lowest BCUT2D eigenvalue weighted by Crippen LogP contribution is -2.28. The molecule has 0 spiro atoms. The first-order valence-corrected chi connectivity index (χ1v) is 6.34. The van der Waals surface area contributed by atoms with Crippen LogP contribution in [0, 0.1) is 0 Å². The van der Waals surface area contributed by atoms with Gasteiger partial charge < -0.3 is 10.4 Å². The minimum Gasteiger partial charge on any atom is -0.481 e. The Morgan fingerprint density at radius 1 is 1.44 bits per heavy atom. The number of unbranched alkanes of at least 4 members (excludes halogenated alkanes) is 1. The molecule has 1 rings (SSSR count). The second-order valence-electron chi connectivity index (χ2n) is 4.90. The first-order chi connectivity index (χ1) is 7.58. The van der Waals surface area contributed by atoms with Crippen LogP contribution in [0.4, 0.5) is 0 Å². The van der Waals surface area contributed by atoms with Crippen LogP contribution in [0.1, 0.15) is 51.9 Å². The number of aliphatic carboxylic acids is 1. The Bertz CT molecular complexity index is 238. The molecule has 106 valence electrons. The summed E-state index contributed by atoms with van der Waals surface area (Å²) in [6.07, 6.45) is 6.29. The summed E-state index contributed by atoms with van der Waals surface area (Å²) in [5.41, 5.74) is 0. The average Bonchev–Trinajstić information content (AvgIpc) is 2.76. The van der Waals surface area contributed by atoms with Gasteiger partial charge in [0.15, 0.2) is 0 Å². The van der Waals surface area contributed by atoms with Gasteiger partial charge in [-0.2, -0.15) is 0 Å². The molecule has 1 fully saturated rings. The number of halogens is 2. The Balaban J connectivity index is 0. The third kappa shape index (κ3) is 6.30. The summed E-state index contributed by atoms with van der Waals surface area (Å²) in [5.74, 6) is -0.848. The molecular weight excluding hydrogens is 272 g/mol. The van der Waals surface area contributed by atoms with E-state index >= 15 is 0 Å². The molecule has 1 unspecified atom stereocenters. The summed E-state index contributed by atoms with van der Waals surface area (Å²) in [7, 11) is 5.98. The van der Waals surface area contributed by atoms with Crippen molar-refractivity contribution >= 4 is 38.6 Å². The first kappa shape index (κ1) is 20.4. The molecule has 0 aromatic rings. The van der Waals surface area contributed by atoms with Gasteiger partial charge in [-0.25, -0.2) is 0 Å². The molecule has 0 bridgehead atoms. The van der Waals surface area contributed by atoms with Crippen LogP contribution in [0.5, 0.6) is 0 Å². The number of carboxylic acid groups (broad SMARTS) is 1. The van der Waals surface area contributed by atoms with Crippen LogP contribution >= 0.6 is 24.8 Å². The molecule has 1 aliphatic rings. The van der Waals surface area contributed by atoms with Crippen molar-refractivity contribution in [3.05, 3.63) is 0 Å². The summed E-state index contributed by atoms with van der Waals surface area (Å²) in [5, 5.41) is 11.5. The molecule has 2 radical (unpaired) electrons. The highest BCUT2D eigenvalue weighted by Crippen LogP contribution is 2.35. The number of hydrogen-bond donors (Lipinski definition) is 2. The SMILES string of the molecule is Cl.Cl.[B]C(CCCC)(CC[C@H]1CCCN1)C(=O)O. The Kier molecular flexibility index (Phi) is 11.3. The number of carboxylic acids is 1. The van der Waals surface area contributed by atoms with E-state index in [-0.39, 0.29) is 24.8 Å². The van der Waals surface area contributed by atoms with E-state index in [1.807, 2.05) is 0 Å².